The van der Waals surface area contributed by atoms with Crippen molar-refractivity contribution in [1.29, 1.82) is 0 Å². The molecule has 0 aliphatic carbocycles. The molecule has 3 rings (SSSR count). The molecule has 29 heavy (non-hydrogen) atoms. The maximum absolute atomic E-state index is 12.4. The Morgan fingerprint density at radius 1 is 1.28 bits per heavy atom. The van der Waals surface area contributed by atoms with Crippen LogP contribution in [-0.2, 0) is 4.74 Å². The van der Waals surface area contributed by atoms with Crippen LogP contribution in [0.2, 0.25) is 0 Å². The van der Waals surface area contributed by atoms with Gasteiger partial charge in [0.1, 0.15) is 17.5 Å². The Kier molecular flexibility index (Phi) is 6.52. The fourth-order valence-corrected chi connectivity index (χ4v) is 3.36. The van der Waals surface area contributed by atoms with Gasteiger partial charge in [-0.3, -0.25) is 4.99 Å². The largest absolute Gasteiger partial charge is 0.624 e. The first-order valence-electron chi connectivity index (χ1n) is 9.34. The number of hydrogen-bond donors (Lipinski definition) is 2. The number of amides is 1. The number of quaternary nitrogens is 1. The maximum atomic E-state index is 12.4. The van der Waals surface area contributed by atoms with Crippen LogP contribution in [0.1, 0.15) is 31.9 Å². The molecule has 2 N–H and O–H groups in total. The van der Waals surface area contributed by atoms with Crippen LogP contribution in [0.15, 0.2) is 64.2 Å². The van der Waals surface area contributed by atoms with Gasteiger partial charge in [-0.1, -0.05) is 46.3 Å². The molecule has 0 fully saturated rings. The Bertz CT molecular complexity index is 936. The highest BCUT2D eigenvalue weighted by Crippen LogP contribution is 2.31. The van der Waals surface area contributed by atoms with E-state index in [4.69, 9.17) is 4.74 Å². The number of halogens is 1. The van der Waals surface area contributed by atoms with Crippen molar-refractivity contribution in [3.63, 3.8) is 0 Å². The minimum atomic E-state index is -0.590. The minimum Gasteiger partial charge on any atom is -0.624 e. The SMILES string of the molecule is CC(C)(C)OC(=O)NCC(/N=C\c1ccccc1)C1=C[NH+]([O-])c2ccc(Br)cc21. The molecule has 1 amide bonds. The van der Waals surface area contributed by atoms with E-state index in [-0.39, 0.29) is 11.6 Å². The summed E-state index contributed by atoms with van der Waals surface area (Å²) in [6, 6.07) is 14.8. The van der Waals surface area contributed by atoms with Crippen LogP contribution in [0.3, 0.4) is 0 Å². The highest BCUT2D eigenvalue weighted by molar-refractivity contribution is 9.10. The molecule has 0 saturated carbocycles. The van der Waals surface area contributed by atoms with Crippen LogP contribution < -0.4 is 10.4 Å². The molecule has 0 spiro atoms. The van der Waals surface area contributed by atoms with Crippen LogP contribution in [0.5, 0.6) is 0 Å². The Balaban J connectivity index is 1.86. The van der Waals surface area contributed by atoms with E-state index in [1.807, 2.05) is 63.2 Å². The highest BCUT2D eigenvalue weighted by Gasteiger charge is 2.28. The molecule has 7 heteroatoms. The van der Waals surface area contributed by atoms with E-state index in [2.05, 4.69) is 26.2 Å². The van der Waals surface area contributed by atoms with Crippen molar-refractivity contribution < 1.29 is 14.6 Å². The van der Waals surface area contributed by atoms with Gasteiger partial charge in [0.05, 0.1) is 6.04 Å². The van der Waals surface area contributed by atoms with Crippen molar-refractivity contribution in [2.45, 2.75) is 32.4 Å². The fourth-order valence-electron chi connectivity index (χ4n) is 2.99. The number of alkyl carbamates (subject to hydrolysis) is 1. The second kappa shape index (κ2) is 8.90. The first kappa shape index (κ1) is 21.2. The van der Waals surface area contributed by atoms with E-state index >= 15 is 0 Å². The molecule has 2 unspecified atom stereocenters. The Hall–Kier alpha value is -2.48. The summed E-state index contributed by atoms with van der Waals surface area (Å²) in [5.74, 6) is 0. The van der Waals surface area contributed by atoms with Gasteiger partial charge in [-0.2, -0.15) is 0 Å². The molecule has 0 radical (unpaired) electrons. The van der Waals surface area contributed by atoms with E-state index in [0.29, 0.717) is 5.69 Å². The predicted molar refractivity (Wildman–Crippen MR) is 118 cm³/mol. The van der Waals surface area contributed by atoms with Crippen molar-refractivity contribution in [1.82, 2.24) is 5.32 Å². The first-order valence-corrected chi connectivity index (χ1v) is 10.1. The lowest BCUT2D eigenvalue weighted by Gasteiger charge is -2.21. The zero-order chi connectivity index (χ0) is 21.0. The molecular weight excluding hydrogens is 434 g/mol. The topological polar surface area (TPSA) is 78.2 Å². The number of hydroxylamine groups is 1. The number of aliphatic imine (C=N–C) groups is 1. The quantitative estimate of drug-likeness (QED) is 0.528. The average molecular weight is 458 g/mol. The number of carbonyl (C=O) groups is 1. The van der Waals surface area contributed by atoms with E-state index in [1.165, 1.54) is 0 Å². The second-order valence-electron chi connectivity index (χ2n) is 7.74. The number of hydrogen-bond acceptors (Lipinski definition) is 4. The van der Waals surface area contributed by atoms with Gasteiger partial charge in [0.15, 0.2) is 0 Å². The normalized spacial score (nSPS) is 17.0. The van der Waals surface area contributed by atoms with Gasteiger partial charge in [0, 0.05) is 34.4 Å². The third-order valence-corrected chi connectivity index (χ3v) is 4.74. The van der Waals surface area contributed by atoms with E-state index in [1.54, 1.807) is 18.5 Å². The van der Waals surface area contributed by atoms with E-state index in [0.717, 1.165) is 21.2 Å². The number of nitrogens with one attached hydrogen (secondary N) is 2. The Labute approximate surface area is 179 Å². The molecule has 2 atom stereocenters. The molecule has 0 saturated heterocycles. The van der Waals surface area contributed by atoms with E-state index < -0.39 is 17.7 Å². The zero-order valence-corrected chi connectivity index (χ0v) is 18.2. The number of nitrogens with zero attached hydrogens (tertiary/aromatic N) is 1. The van der Waals surface area contributed by atoms with Crippen LogP contribution >= 0.6 is 15.9 Å². The minimum absolute atomic E-state index is 0.0559. The Morgan fingerprint density at radius 2 is 2.00 bits per heavy atom. The molecule has 152 valence electrons. The summed E-state index contributed by atoms with van der Waals surface area (Å²) in [4.78, 5) is 16.8. The molecule has 2 aromatic rings. The van der Waals surface area contributed by atoms with Gasteiger partial charge < -0.3 is 20.3 Å². The average Bonchev–Trinajstić information content (AvgIpc) is 2.97. The van der Waals surface area contributed by atoms with Crippen molar-refractivity contribution in [3.8, 4) is 0 Å². The summed E-state index contributed by atoms with van der Waals surface area (Å²) in [6.45, 7) is 5.64. The molecule has 1 aliphatic rings. The summed E-state index contributed by atoms with van der Waals surface area (Å²) in [5.41, 5.74) is 2.59. The smallest absolute Gasteiger partial charge is 0.407 e. The fraction of sp³-hybridized carbons (Fsp3) is 0.273. The number of benzene rings is 2. The standard InChI is InChI=1S/C22H24BrN3O3/c1-22(2,3)29-21(27)25-13-19(24-12-15-7-5-4-6-8-15)18-14-26(28)20-10-9-16(23)11-17(18)20/h4-12,14,19,26H,13H2,1-3H3,(H,25,27)/b24-12-. The predicted octanol–water partition coefficient (Wildman–Crippen LogP) is 3.83. The number of carbonyl (C=O) groups excluding carboxylic acids is 1. The first-order chi connectivity index (χ1) is 13.7. The van der Waals surface area contributed by atoms with Gasteiger partial charge in [-0.25, -0.2) is 4.79 Å². The molecule has 0 bridgehead atoms. The number of ether oxygens (including phenoxy) is 1. The van der Waals surface area contributed by atoms with Crippen molar-refractivity contribution in [2.75, 3.05) is 6.54 Å². The number of fused-ring (bicyclic) bond motifs is 1. The number of rotatable bonds is 5. The maximum Gasteiger partial charge on any atom is 0.407 e. The summed E-state index contributed by atoms with van der Waals surface area (Å²) in [6.07, 6.45) is 2.83. The third kappa shape index (κ3) is 5.76. The van der Waals surface area contributed by atoms with Gasteiger partial charge in [-0.15, -0.1) is 0 Å². The van der Waals surface area contributed by atoms with Gasteiger partial charge in [0.2, 0.25) is 0 Å². The van der Waals surface area contributed by atoms with Crippen molar-refractivity contribution in [3.05, 3.63) is 75.5 Å². The lowest BCUT2D eigenvalue weighted by molar-refractivity contribution is -0.710. The second-order valence-corrected chi connectivity index (χ2v) is 8.66. The highest BCUT2D eigenvalue weighted by atomic mass is 79.9. The zero-order valence-electron chi connectivity index (χ0n) is 16.6. The summed E-state index contributed by atoms with van der Waals surface area (Å²) in [7, 11) is 0. The lowest BCUT2D eigenvalue weighted by atomic mass is 10.0. The lowest BCUT2D eigenvalue weighted by Crippen LogP contribution is -2.95. The van der Waals surface area contributed by atoms with Crippen LogP contribution in [-0.4, -0.2) is 30.5 Å². The summed E-state index contributed by atoms with van der Waals surface area (Å²) in [5, 5.41) is 15.2. The molecule has 1 heterocycles. The van der Waals surface area contributed by atoms with Crippen LogP contribution in [0.4, 0.5) is 10.5 Å². The van der Waals surface area contributed by atoms with Gasteiger partial charge in [0.25, 0.3) is 0 Å². The van der Waals surface area contributed by atoms with Gasteiger partial charge >= 0.3 is 6.09 Å². The molecule has 1 aliphatic heterocycles. The van der Waals surface area contributed by atoms with Crippen LogP contribution in [0.25, 0.3) is 5.57 Å². The molecule has 2 aromatic carbocycles. The van der Waals surface area contributed by atoms with Gasteiger partial charge in [-0.05, 0) is 38.5 Å². The molecule has 6 nitrogen and oxygen atoms in total. The molecular formula is C22H24BrN3O3. The third-order valence-electron chi connectivity index (χ3n) is 4.25. The summed E-state index contributed by atoms with van der Waals surface area (Å²) < 4.78 is 6.20. The van der Waals surface area contributed by atoms with Crippen LogP contribution in [0, 0.1) is 5.21 Å². The monoisotopic (exact) mass is 457 g/mol. The summed E-state index contributed by atoms with van der Waals surface area (Å²) >= 11 is 3.47. The van der Waals surface area contributed by atoms with Crippen molar-refractivity contribution >= 4 is 39.5 Å². The van der Waals surface area contributed by atoms with E-state index in [9.17, 15) is 10.0 Å². The molecule has 0 aromatic heterocycles. The van der Waals surface area contributed by atoms with Crippen molar-refractivity contribution in [2.24, 2.45) is 4.99 Å². The Morgan fingerprint density at radius 3 is 2.69 bits per heavy atom.